The molecule has 0 unspecified atom stereocenters. The first-order valence-corrected chi connectivity index (χ1v) is 10.4. The Kier molecular flexibility index (Phi) is 4.22. The zero-order valence-corrected chi connectivity index (χ0v) is 15.8. The Bertz CT molecular complexity index is 974. The van der Waals surface area contributed by atoms with Gasteiger partial charge in [-0.15, -0.1) is 0 Å². The fourth-order valence-electron chi connectivity index (χ4n) is 3.86. The maximum atomic E-state index is 13.3. The highest BCUT2D eigenvalue weighted by atomic mass is 32.2. The quantitative estimate of drug-likeness (QED) is 0.752. The number of anilines is 2. The van der Waals surface area contributed by atoms with E-state index < -0.39 is 21.9 Å². The molecular weight excluding hydrogens is 368 g/mol. The first-order valence-electron chi connectivity index (χ1n) is 8.55. The lowest BCUT2D eigenvalue weighted by Crippen LogP contribution is -2.38. The standard InChI is InChI=1S/C19H20N2O5S/c1-25-14-9-7-13(8-10-14)20-16-11-27(23,24)12-17(16)21(19(20)22)15-5-3-4-6-18(15)26-2/h3-10,16-17H,11-12H2,1-2H3/t16-,17-/m0/s1. The van der Waals surface area contributed by atoms with Crippen LogP contribution in [0.3, 0.4) is 0 Å². The second-order valence-corrected chi connectivity index (χ2v) is 8.76. The van der Waals surface area contributed by atoms with E-state index in [-0.39, 0.29) is 17.5 Å². The van der Waals surface area contributed by atoms with Crippen molar-refractivity contribution in [3.63, 3.8) is 0 Å². The second kappa shape index (κ2) is 6.45. The molecule has 0 radical (unpaired) electrons. The summed E-state index contributed by atoms with van der Waals surface area (Å²) in [4.78, 5) is 16.4. The Morgan fingerprint density at radius 3 is 2.15 bits per heavy atom. The van der Waals surface area contributed by atoms with Crippen LogP contribution in [0.4, 0.5) is 16.2 Å². The summed E-state index contributed by atoms with van der Waals surface area (Å²) in [5.41, 5.74) is 1.22. The van der Waals surface area contributed by atoms with Gasteiger partial charge in [-0.2, -0.15) is 0 Å². The van der Waals surface area contributed by atoms with E-state index in [2.05, 4.69) is 0 Å². The van der Waals surface area contributed by atoms with E-state index in [4.69, 9.17) is 9.47 Å². The molecule has 2 aliphatic rings. The van der Waals surface area contributed by atoms with Crippen molar-refractivity contribution in [2.75, 3.05) is 35.5 Å². The minimum atomic E-state index is -3.24. The SMILES string of the molecule is COc1ccc(N2C(=O)N(c3ccccc3OC)[C@H]3CS(=O)(=O)C[C@@H]32)cc1. The molecule has 2 fully saturated rings. The Labute approximate surface area is 158 Å². The van der Waals surface area contributed by atoms with Crippen molar-refractivity contribution < 1.29 is 22.7 Å². The molecule has 2 atom stereocenters. The minimum Gasteiger partial charge on any atom is -0.497 e. The number of para-hydroxylation sites is 2. The summed E-state index contributed by atoms with van der Waals surface area (Å²) < 4.78 is 35.3. The predicted octanol–water partition coefficient (Wildman–Crippen LogP) is 2.32. The van der Waals surface area contributed by atoms with Gasteiger partial charge in [-0.05, 0) is 36.4 Å². The molecule has 2 aliphatic heterocycles. The Hall–Kier alpha value is -2.74. The third-order valence-electron chi connectivity index (χ3n) is 5.06. The number of sulfone groups is 1. The van der Waals surface area contributed by atoms with Gasteiger partial charge in [0.1, 0.15) is 11.5 Å². The lowest BCUT2D eigenvalue weighted by atomic mass is 10.1. The highest BCUT2D eigenvalue weighted by Gasteiger charge is 2.54. The topological polar surface area (TPSA) is 76.2 Å². The molecule has 27 heavy (non-hydrogen) atoms. The van der Waals surface area contributed by atoms with E-state index in [1.54, 1.807) is 59.4 Å². The number of carbonyl (C=O) groups excluding carboxylic acids is 1. The maximum absolute atomic E-state index is 13.3. The van der Waals surface area contributed by atoms with E-state index in [0.29, 0.717) is 22.9 Å². The average Bonchev–Trinajstić information content (AvgIpc) is 3.10. The molecule has 0 N–H and O–H groups in total. The van der Waals surface area contributed by atoms with Gasteiger partial charge in [0.15, 0.2) is 9.84 Å². The zero-order chi connectivity index (χ0) is 19.2. The number of hydrogen-bond acceptors (Lipinski definition) is 5. The lowest BCUT2D eigenvalue weighted by molar-refractivity contribution is 0.255. The van der Waals surface area contributed by atoms with Crippen LogP contribution in [-0.4, -0.2) is 52.3 Å². The monoisotopic (exact) mass is 388 g/mol. The van der Waals surface area contributed by atoms with Gasteiger partial charge in [0.2, 0.25) is 0 Å². The third kappa shape index (κ3) is 2.90. The molecular formula is C19H20N2O5S. The number of rotatable bonds is 4. The largest absolute Gasteiger partial charge is 0.497 e. The maximum Gasteiger partial charge on any atom is 0.329 e. The molecule has 142 valence electrons. The van der Waals surface area contributed by atoms with Gasteiger partial charge in [0, 0.05) is 5.69 Å². The van der Waals surface area contributed by atoms with Crippen LogP contribution in [0.2, 0.25) is 0 Å². The first kappa shape index (κ1) is 17.7. The summed E-state index contributed by atoms with van der Waals surface area (Å²) >= 11 is 0. The van der Waals surface area contributed by atoms with Crippen molar-refractivity contribution in [2.45, 2.75) is 12.1 Å². The number of urea groups is 1. The lowest BCUT2D eigenvalue weighted by Gasteiger charge is -2.24. The van der Waals surface area contributed by atoms with Gasteiger partial charge in [0.05, 0.1) is 43.5 Å². The van der Waals surface area contributed by atoms with E-state index >= 15 is 0 Å². The molecule has 2 aromatic carbocycles. The van der Waals surface area contributed by atoms with E-state index in [0.717, 1.165) is 0 Å². The normalized spacial score (nSPS) is 23.4. The van der Waals surface area contributed by atoms with Crippen LogP contribution in [0.1, 0.15) is 0 Å². The zero-order valence-electron chi connectivity index (χ0n) is 15.0. The number of benzene rings is 2. The van der Waals surface area contributed by atoms with Crippen LogP contribution in [0.15, 0.2) is 48.5 Å². The Morgan fingerprint density at radius 2 is 1.52 bits per heavy atom. The smallest absolute Gasteiger partial charge is 0.329 e. The molecule has 0 aliphatic carbocycles. The summed E-state index contributed by atoms with van der Waals surface area (Å²) in [5.74, 6) is 1.09. The van der Waals surface area contributed by atoms with Crippen LogP contribution in [0, 0.1) is 0 Å². The molecule has 2 saturated heterocycles. The molecule has 0 aromatic heterocycles. The van der Waals surface area contributed by atoms with Crippen molar-refractivity contribution in [3.05, 3.63) is 48.5 Å². The van der Waals surface area contributed by atoms with Crippen molar-refractivity contribution in [1.82, 2.24) is 0 Å². The molecule has 0 saturated carbocycles. The summed E-state index contributed by atoms with van der Waals surface area (Å²) in [7, 11) is -0.145. The van der Waals surface area contributed by atoms with Crippen LogP contribution in [-0.2, 0) is 9.84 Å². The van der Waals surface area contributed by atoms with Crippen LogP contribution >= 0.6 is 0 Å². The molecule has 8 heteroatoms. The van der Waals surface area contributed by atoms with Crippen LogP contribution in [0.5, 0.6) is 11.5 Å². The first-order chi connectivity index (χ1) is 12.9. The highest BCUT2D eigenvalue weighted by molar-refractivity contribution is 7.91. The van der Waals surface area contributed by atoms with Crippen LogP contribution in [0.25, 0.3) is 0 Å². The molecule has 0 spiro atoms. The fraction of sp³-hybridized carbons (Fsp3) is 0.316. The van der Waals surface area contributed by atoms with Gasteiger partial charge in [-0.3, -0.25) is 9.80 Å². The van der Waals surface area contributed by atoms with Gasteiger partial charge >= 0.3 is 6.03 Å². The Morgan fingerprint density at radius 1 is 0.889 bits per heavy atom. The van der Waals surface area contributed by atoms with Gasteiger partial charge in [-0.25, -0.2) is 13.2 Å². The van der Waals surface area contributed by atoms with E-state index in [1.807, 2.05) is 6.07 Å². The number of amides is 2. The third-order valence-corrected chi connectivity index (χ3v) is 6.76. The molecule has 4 rings (SSSR count). The minimum absolute atomic E-state index is 0.0545. The number of ether oxygens (including phenoxy) is 2. The molecule has 2 amide bonds. The van der Waals surface area contributed by atoms with E-state index in [1.165, 1.54) is 7.11 Å². The van der Waals surface area contributed by atoms with Crippen molar-refractivity contribution in [2.24, 2.45) is 0 Å². The Balaban J connectivity index is 1.80. The van der Waals surface area contributed by atoms with Gasteiger partial charge in [0.25, 0.3) is 0 Å². The second-order valence-electron chi connectivity index (χ2n) is 6.60. The van der Waals surface area contributed by atoms with Crippen LogP contribution < -0.4 is 19.3 Å². The number of fused-ring (bicyclic) bond motifs is 1. The summed E-state index contributed by atoms with van der Waals surface area (Å²) in [6.45, 7) is 0. The highest BCUT2D eigenvalue weighted by Crippen LogP contribution is 2.41. The number of methoxy groups -OCH3 is 2. The van der Waals surface area contributed by atoms with Gasteiger partial charge < -0.3 is 9.47 Å². The van der Waals surface area contributed by atoms with Crippen molar-refractivity contribution >= 4 is 27.2 Å². The molecule has 2 aromatic rings. The fourth-order valence-corrected chi connectivity index (χ4v) is 5.78. The van der Waals surface area contributed by atoms with Crippen molar-refractivity contribution in [1.29, 1.82) is 0 Å². The number of carbonyl (C=O) groups is 1. The predicted molar refractivity (Wildman–Crippen MR) is 103 cm³/mol. The summed E-state index contributed by atoms with van der Waals surface area (Å²) in [5, 5.41) is 0. The van der Waals surface area contributed by atoms with E-state index in [9.17, 15) is 13.2 Å². The summed E-state index contributed by atoms with van der Waals surface area (Å²) in [6, 6.07) is 13.0. The molecule has 7 nitrogen and oxygen atoms in total. The number of nitrogens with zero attached hydrogens (tertiary/aromatic N) is 2. The number of hydrogen-bond donors (Lipinski definition) is 0. The van der Waals surface area contributed by atoms with Gasteiger partial charge in [-0.1, -0.05) is 12.1 Å². The molecule has 2 heterocycles. The summed E-state index contributed by atoms with van der Waals surface area (Å²) in [6.07, 6.45) is 0. The van der Waals surface area contributed by atoms with Crippen molar-refractivity contribution in [3.8, 4) is 11.5 Å². The average molecular weight is 388 g/mol. The molecule has 0 bridgehead atoms.